The van der Waals surface area contributed by atoms with Crippen LogP contribution in [0.25, 0.3) is 5.82 Å². The molecule has 0 spiro atoms. The maximum absolute atomic E-state index is 6.27. The first-order valence-corrected chi connectivity index (χ1v) is 9.45. The lowest BCUT2D eigenvalue weighted by Crippen LogP contribution is -2.38. The van der Waals surface area contributed by atoms with Gasteiger partial charge in [-0.25, -0.2) is 9.67 Å². The molecule has 1 saturated heterocycles. The van der Waals surface area contributed by atoms with Crippen LogP contribution in [0.5, 0.6) is 0 Å². The van der Waals surface area contributed by atoms with Gasteiger partial charge in [0.15, 0.2) is 5.82 Å². The third-order valence-corrected chi connectivity index (χ3v) is 5.29. The Kier molecular flexibility index (Phi) is 4.70. The monoisotopic (exact) mass is 341 g/mol. The van der Waals surface area contributed by atoms with E-state index in [1.165, 1.54) is 25.7 Å². The molecular weight excluding hydrogens is 314 g/mol. The van der Waals surface area contributed by atoms with Crippen LogP contribution in [-0.2, 0) is 4.74 Å². The Hall–Kier alpha value is -1.95. The smallest absolute Gasteiger partial charge is 0.174 e. The van der Waals surface area contributed by atoms with E-state index in [4.69, 9.17) is 9.72 Å². The van der Waals surface area contributed by atoms with E-state index in [9.17, 15) is 0 Å². The summed E-state index contributed by atoms with van der Waals surface area (Å²) in [6.07, 6.45) is 11.8. The predicted octanol–water partition coefficient (Wildman–Crippen LogP) is 3.21. The van der Waals surface area contributed by atoms with Gasteiger partial charge in [-0.3, -0.25) is 4.98 Å². The molecule has 1 aliphatic heterocycles. The van der Waals surface area contributed by atoms with E-state index in [1.54, 1.807) is 6.20 Å². The third kappa shape index (κ3) is 3.68. The van der Waals surface area contributed by atoms with E-state index in [2.05, 4.69) is 21.0 Å². The molecule has 2 fully saturated rings. The second-order valence-corrected chi connectivity index (χ2v) is 7.30. The van der Waals surface area contributed by atoms with Crippen LogP contribution in [0.1, 0.15) is 49.9 Å². The number of hydrogen-bond donors (Lipinski definition) is 0. The van der Waals surface area contributed by atoms with E-state index in [-0.39, 0.29) is 0 Å². The molecule has 2 aliphatic rings. The number of anilines is 1. The zero-order chi connectivity index (χ0) is 17.2. The first-order chi connectivity index (χ1) is 12.2. The molecule has 0 aromatic carbocycles. The van der Waals surface area contributed by atoms with Crippen LogP contribution in [0, 0.1) is 13.8 Å². The first kappa shape index (κ1) is 16.5. The van der Waals surface area contributed by atoms with Crippen LogP contribution < -0.4 is 4.90 Å². The molecule has 6 nitrogen and oxygen atoms in total. The molecule has 2 aromatic heterocycles. The van der Waals surface area contributed by atoms with Crippen LogP contribution in [-0.4, -0.2) is 45.0 Å². The maximum Gasteiger partial charge on any atom is 0.174 e. The Morgan fingerprint density at radius 2 is 1.64 bits per heavy atom. The Balaban J connectivity index is 1.41. The lowest BCUT2D eigenvalue weighted by Gasteiger charge is -2.33. The van der Waals surface area contributed by atoms with E-state index in [0.717, 1.165) is 49.0 Å². The molecule has 6 heteroatoms. The average molecular weight is 341 g/mol. The Labute approximate surface area is 149 Å². The second-order valence-electron chi connectivity index (χ2n) is 7.30. The van der Waals surface area contributed by atoms with Crippen molar-refractivity contribution in [1.82, 2.24) is 19.7 Å². The molecule has 0 N–H and O–H groups in total. The van der Waals surface area contributed by atoms with Gasteiger partial charge in [0.1, 0.15) is 5.82 Å². The molecule has 25 heavy (non-hydrogen) atoms. The molecule has 0 unspecified atom stereocenters. The van der Waals surface area contributed by atoms with Gasteiger partial charge in [0, 0.05) is 18.8 Å². The van der Waals surface area contributed by atoms with Crippen LogP contribution in [0.4, 0.5) is 5.82 Å². The van der Waals surface area contributed by atoms with E-state index in [0.29, 0.717) is 12.2 Å². The van der Waals surface area contributed by atoms with E-state index >= 15 is 0 Å². The highest BCUT2D eigenvalue weighted by Crippen LogP contribution is 2.26. The highest BCUT2D eigenvalue weighted by Gasteiger charge is 2.25. The summed E-state index contributed by atoms with van der Waals surface area (Å²) in [7, 11) is 0. The van der Waals surface area contributed by atoms with Crippen molar-refractivity contribution in [2.75, 3.05) is 18.0 Å². The number of nitrogens with zero attached hydrogens (tertiary/aromatic N) is 5. The minimum absolute atomic E-state index is 0.409. The first-order valence-electron chi connectivity index (χ1n) is 9.45. The van der Waals surface area contributed by atoms with Crippen molar-refractivity contribution >= 4 is 5.82 Å². The SMILES string of the molecule is Cc1cc(C)n(-c2cncc(N3CCC(OC4CCCC4)CC3)n2)n1. The zero-order valence-corrected chi connectivity index (χ0v) is 15.2. The summed E-state index contributed by atoms with van der Waals surface area (Å²) >= 11 is 0. The van der Waals surface area contributed by atoms with Crippen molar-refractivity contribution in [3.8, 4) is 5.82 Å². The lowest BCUT2D eigenvalue weighted by molar-refractivity contribution is -0.0195. The van der Waals surface area contributed by atoms with Crippen LogP contribution in [0.3, 0.4) is 0 Å². The van der Waals surface area contributed by atoms with Gasteiger partial charge in [0.05, 0.1) is 30.3 Å². The minimum Gasteiger partial charge on any atom is -0.375 e. The standard InChI is InChI=1S/C19H27N5O/c1-14-11-15(2)24(22-14)19-13-20-12-18(21-19)23-9-7-17(8-10-23)25-16-5-3-4-6-16/h11-13,16-17H,3-10H2,1-2H3. The number of hydrogen-bond acceptors (Lipinski definition) is 5. The van der Waals surface area contributed by atoms with Crippen LogP contribution in [0.2, 0.25) is 0 Å². The summed E-state index contributed by atoms with van der Waals surface area (Å²) in [5.74, 6) is 1.72. The highest BCUT2D eigenvalue weighted by atomic mass is 16.5. The van der Waals surface area contributed by atoms with Gasteiger partial charge in [-0.1, -0.05) is 12.8 Å². The Bertz CT molecular complexity index is 714. The quantitative estimate of drug-likeness (QED) is 0.855. The van der Waals surface area contributed by atoms with Crippen molar-refractivity contribution in [3.05, 3.63) is 29.8 Å². The molecule has 2 aromatic rings. The molecule has 4 rings (SSSR count). The molecular formula is C19H27N5O. The fourth-order valence-corrected chi connectivity index (χ4v) is 3.98. The number of ether oxygens (including phenoxy) is 1. The molecule has 1 aliphatic carbocycles. The summed E-state index contributed by atoms with van der Waals surface area (Å²) < 4.78 is 8.13. The number of rotatable bonds is 4. The van der Waals surface area contributed by atoms with Gasteiger partial charge in [-0.05, 0) is 45.6 Å². The number of aryl methyl sites for hydroxylation is 2. The lowest BCUT2D eigenvalue weighted by atomic mass is 10.1. The van der Waals surface area contributed by atoms with Gasteiger partial charge >= 0.3 is 0 Å². The summed E-state index contributed by atoms with van der Waals surface area (Å²) in [5.41, 5.74) is 2.07. The molecule has 0 bridgehead atoms. The molecule has 3 heterocycles. The summed E-state index contributed by atoms with van der Waals surface area (Å²) in [5, 5.41) is 4.51. The van der Waals surface area contributed by atoms with Crippen molar-refractivity contribution in [2.24, 2.45) is 0 Å². The van der Waals surface area contributed by atoms with Gasteiger partial charge < -0.3 is 9.64 Å². The average Bonchev–Trinajstić information content (AvgIpc) is 3.25. The largest absolute Gasteiger partial charge is 0.375 e. The van der Waals surface area contributed by atoms with Crippen LogP contribution >= 0.6 is 0 Å². The summed E-state index contributed by atoms with van der Waals surface area (Å²) in [4.78, 5) is 11.5. The molecule has 1 saturated carbocycles. The summed E-state index contributed by atoms with van der Waals surface area (Å²) in [6.45, 7) is 6.00. The van der Waals surface area contributed by atoms with Gasteiger partial charge in [-0.2, -0.15) is 5.10 Å². The number of aromatic nitrogens is 4. The highest BCUT2D eigenvalue weighted by molar-refractivity contribution is 5.40. The van der Waals surface area contributed by atoms with Gasteiger partial charge in [0.2, 0.25) is 0 Å². The predicted molar refractivity (Wildman–Crippen MR) is 97.2 cm³/mol. The van der Waals surface area contributed by atoms with Crippen molar-refractivity contribution in [3.63, 3.8) is 0 Å². The van der Waals surface area contributed by atoms with Crippen molar-refractivity contribution in [1.29, 1.82) is 0 Å². The van der Waals surface area contributed by atoms with Crippen LogP contribution in [0.15, 0.2) is 18.5 Å². The Morgan fingerprint density at radius 1 is 0.960 bits per heavy atom. The fourth-order valence-electron chi connectivity index (χ4n) is 3.98. The van der Waals surface area contributed by atoms with E-state index < -0.39 is 0 Å². The van der Waals surface area contributed by atoms with Crippen molar-refractivity contribution in [2.45, 2.75) is 64.6 Å². The molecule has 0 amide bonds. The van der Waals surface area contributed by atoms with Gasteiger partial charge in [-0.15, -0.1) is 0 Å². The second kappa shape index (κ2) is 7.12. The van der Waals surface area contributed by atoms with Crippen molar-refractivity contribution < 1.29 is 4.74 Å². The minimum atomic E-state index is 0.409. The van der Waals surface area contributed by atoms with E-state index in [1.807, 2.05) is 24.7 Å². The fraction of sp³-hybridized carbons (Fsp3) is 0.632. The van der Waals surface area contributed by atoms with Gasteiger partial charge in [0.25, 0.3) is 0 Å². The normalized spacial score (nSPS) is 19.7. The molecule has 0 radical (unpaired) electrons. The topological polar surface area (TPSA) is 56.1 Å². The Morgan fingerprint density at radius 3 is 2.32 bits per heavy atom. The zero-order valence-electron chi connectivity index (χ0n) is 15.2. The number of piperidine rings is 1. The third-order valence-electron chi connectivity index (χ3n) is 5.29. The molecule has 134 valence electrons. The molecule has 0 atom stereocenters. The maximum atomic E-state index is 6.27. The summed E-state index contributed by atoms with van der Waals surface area (Å²) in [6, 6.07) is 2.06.